The van der Waals surface area contributed by atoms with Crippen molar-refractivity contribution in [3.05, 3.63) is 46.5 Å². The molecule has 0 unspecified atom stereocenters. The van der Waals surface area contributed by atoms with Crippen molar-refractivity contribution in [2.45, 2.75) is 32.5 Å². The van der Waals surface area contributed by atoms with Crippen molar-refractivity contribution in [1.29, 1.82) is 0 Å². The van der Waals surface area contributed by atoms with Crippen LogP contribution in [0.2, 0.25) is 0 Å². The van der Waals surface area contributed by atoms with Crippen molar-refractivity contribution in [1.82, 2.24) is 10.3 Å². The third-order valence-electron chi connectivity index (χ3n) is 3.42. The molecule has 0 aliphatic carbocycles. The maximum Gasteiger partial charge on any atom is 0.417 e. The van der Waals surface area contributed by atoms with Crippen LogP contribution in [0.15, 0.2) is 29.6 Å². The molecule has 0 spiro atoms. The number of thiazole rings is 1. The number of hydrogen-bond donors (Lipinski definition) is 2. The van der Waals surface area contributed by atoms with Crippen molar-refractivity contribution in [3.8, 4) is 0 Å². The summed E-state index contributed by atoms with van der Waals surface area (Å²) in [4.78, 5) is 28.0. The Morgan fingerprint density at radius 1 is 1.24 bits per heavy atom. The van der Waals surface area contributed by atoms with Gasteiger partial charge in [0, 0.05) is 11.4 Å². The average Bonchev–Trinajstić information content (AvgIpc) is 3.02. The number of hydrogen-bond acceptors (Lipinski definition) is 4. The Kier molecular flexibility index (Phi) is 5.78. The van der Waals surface area contributed by atoms with E-state index >= 15 is 0 Å². The first-order chi connectivity index (χ1) is 11.7. The van der Waals surface area contributed by atoms with E-state index in [1.165, 1.54) is 17.5 Å². The highest BCUT2D eigenvalue weighted by Crippen LogP contribution is 2.32. The molecule has 9 heteroatoms. The molecular formula is C16H16F3N3O2S. The first-order valence-corrected chi connectivity index (χ1v) is 8.34. The molecule has 0 aliphatic heterocycles. The zero-order valence-corrected chi connectivity index (χ0v) is 14.3. The molecule has 0 fully saturated rings. The van der Waals surface area contributed by atoms with Crippen LogP contribution in [0.25, 0.3) is 0 Å². The lowest BCUT2D eigenvalue weighted by atomic mass is 10.1. The topological polar surface area (TPSA) is 71.1 Å². The summed E-state index contributed by atoms with van der Waals surface area (Å²) < 4.78 is 38.9. The van der Waals surface area contributed by atoms with Crippen LogP contribution in [0.4, 0.5) is 18.3 Å². The first kappa shape index (κ1) is 18.9. The van der Waals surface area contributed by atoms with Gasteiger partial charge in [-0.15, -0.1) is 11.3 Å². The molecule has 5 nitrogen and oxygen atoms in total. The van der Waals surface area contributed by atoms with Crippen LogP contribution in [0.1, 0.15) is 46.7 Å². The van der Waals surface area contributed by atoms with Gasteiger partial charge in [0.05, 0.1) is 11.1 Å². The Labute approximate surface area is 146 Å². The van der Waals surface area contributed by atoms with Gasteiger partial charge in [-0.05, 0) is 25.5 Å². The van der Waals surface area contributed by atoms with E-state index in [9.17, 15) is 22.8 Å². The summed E-state index contributed by atoms with van der Waals surface area (Å²) >= 11 is 0.964. The lowest BCUT2D eigenvalue weighted by molar-refractivity contribution is -0.137. The van der Waals surface area contributed by atoms with E-state index in [0.29, 0.717) is 0 Å². The van der Waals surface area contributed by atoms with Crippen molar-refractivity contribution in [3.63, 3.8) is 0 Å². The number of carbonyl (C=O) groups is 2. The van der Waals surface area contributed by atoms with Crippen LogP contribution in [0.3, 0.4) is 0 Å². The quantitative estimate of drug-likeness (QED) is 0.836. The van der Waals surface area contributed by atoms with E-state index in [-0.39, 0.29) is 16.9 Å². The van der Waals surface area contributed by atoms with Gasteiger partial charge in [-0.3, -0.25) is 14.9 Å². The van der Waals surface area contributed by atoms with Crippen LogP contribution in [0.5, 0.6) is 0 Å². The van der Waals surface area contributed by atoms with Crippen LogP contribution in [-0.4, -0.2) is 22.8 Å². The number of amides is 2. The van der Waals surface area contributed by atoms with Gasteiger partial charge in [-0.25, -0.2) is 4.98 Å². The number of nitrogens with zero attached hydrogens (tertiary/aromatic N) is 1. The number of rotatable bonds is 5. The Morgan fingerprint density at radius 2 is 1.92 bits per heavy atom. The number of alkyl halides is 3. The number of benzene rings is 1. The minimum absolute atomic E-state index is 0.0362. The lowest BCUT2D eigenvalue weighted by Crippen LogP contribution is -2.32. The zero-order chi connectivity index (χ0) is 18.6. The molecule has 1 heterocycles. The van der Waals surface area contributed by atoms with Crippen LogP contribution in [-0.2, 0) is 6.18 Å². The maximum atomic E-state index is 13.0. The minimum atomic E-state index is -4.64. The second kappa shape index (κ2) is 7.64. The predicted octanol–water partition coefficient (Wildman–Crippen LogP) is 3.94. The summed E-state index contributed by atoms with van der Waals surface area (Å²) in [5.74, 6) is -1.34. The fraction of sp³-hybridized carbons (Fsp3) is 0.312. The van der Waals surface area contributed by atoms with Gasteiger partial charge in [0.25, 0.3) is 11.8 Å². The largest absolute Gasteiger partial charge is 0.417 e. The SMILES string of the molecule is CC[C@H](C)NC(=O)c1csc(NC(=O)c2ccccc2C(F)(F)F)n1. The van der Waals surface area contributed by atoms with Crippen molar-refractivity contribution in [2.75, 3.05) is 5.32 Å². The Hall–Kier alpha value is -2.42. The lowest BCUT2D eigenvalue weighted by Gasteiger charge is -2.11. The molecule has 1 atom stereocenters. The number of halogens is 3. The molecular weight excluding hydrogens is 355 g/mol. The molecule has 134 valence electrons. The highest BCUT2D eigenvalue weighted by atomic mass is 32.1. The zero-order valence-electron chi connectivity index (χ0n) is 13.5. The highest BCUT2D eigenvalue weighted by Gasteiger charge is 2.35. The molecule has 2 amide bonds. The molecule has 0 saturated heterocycles. The molecule has 1 aromatic heterocycles. The van der Waals surface area contributed by atoms with Gasteiger partial charge in [0.2, 0.25) is 0 Å². The van der Waals surface area contributed by atoms with Gasteiger partial charge in [-0.2, -0.15) is 13.2 Å². The standard InChI is InChI=1S/C16H16F3N3O2S/c1-3-9(2)20-14(24)12-8-25-15(21-12)22-13(23)10-6-4-5-7-11(10)16(17,18)19/h4-9H,3H2,1-2H3,(H,20,24)(H,21,22,23)/t9-/m0/s1. The van der Waals surface area contributed by atoms with E-state index < -0.39 is 29.1 Å². The Morgan fingerprint density at radius 3 is 2.56 bits per heavy atom. The fourth-order valence-electron chi connectivity index (χ4n) is 1.93. The predicted molar refractivity (Wildman–Crippen MR) is 88.7 cm³/mol. The maximum absolute atomic E-state index is 13.0. The molecule has 2 aromatic rings. The smallest absolute Gasteiger partial charge is 0.348 e. The molecule has 0 aliphatic rings. The molecule has 0 radical (unpaired) electrons. The minimum Gasteiger partial charge on any atom is -0.348 e. The van der Waals surface area contributed by atoms with Crippen LogP contribution in [0, 0.1) is 0 Å². The van der Waals surface area contributed by atoms with E-state index in [1.54, 1.807) is 0 Å². The summed E-state index contributed by atoms with van der Waals surface area (Å²) in [6, 6.07) is 4.44. The van der Waals surface area contributed by atoms with Gasteiger partial charge < -0.3 is 5.32 Å². The van der Waals surface area contributed by atoms with Gasteiger partial charge >= 0.3 is 6.18 Å². The van der Waals surface area contributed by atoms with Crippen molar-refractivity contribution < 1.29 is 22.8 Å². The monoisotopic (exact) mass is 371 g/mol. The van der Waals surface area contributed by atoms with Gasteiger partial charge in [0.15, 0.2) is 5.13 Å². The number of nitrogens with one attached hydrogen (secondary N) is 2. The molecule has 2 N–H and O–H groups in total. The van der Waals surface area contributed by atoms with Gasteiger partial charge in [0.1, 0.15) is 5.69 Å². The Bertz CT molecular complexity index is 774. The molecule has 1 aromatic carbocycles. The first-order valence-electron chi connectivity index (χ1n) is 7.46. The van der Waals surface area contributed by atoms with Gasteiger partial charge in [-0.1, -0.05) is 19.1 Å². The third kappa shape index (κ3) is 4.79. The third-order valence-corrected chi connectivity index (χ3v) is 4.18. The summed E-state index contributed by atoms with van der Waals surface area (Å²) in [7, 11) is 0. The summed E-state index contributed by atoms with van der Waals surface area (Å²) in [5.41, 5.74) is -1.43. The Balaban J connectivity index is 2.14. The van der Waals surface area contributed by atoms with E-state index in [0.717, 1.165) is 29.9 Å². The average molecular weight is 371 g/mol. The van der Waals surface area contributed by atoms with E-state index in [2.05, 4.69) is 15.6 Å². The molecule has 2 rings (SSSR count). The molecule has 0 saturated carbocycles. The highest BCUT2D eigenvalue weighted by molar-refractivity contribution is 7.14. The number of anilines is 1. The number of carbonyl (C=O) groups excluding carboxylic acids is 2. The molecule has 0 bridgehead atoms. The summed E-state index contributed by atoms with van der Waals surface area (Å²) in [6.45, 7) is 3.75. The van der Waals surface area contributed by atoms with Crippen molar-refractivity contribution in [2.24, 2.45) is 0 Å². The van der Waals surface area contributed by atoms with Crippen LogP contribution >= 0.6 is 11.3 Å². The normalized spacial score (nSPS) is 12.5. The summed E-state index contributed by atoms with van der Waals surface area (Å²) in [5, 5.41) is 6.50. The van der Waals surface area contributed by atoms with Crippen molar-refractivity contribution >= 4 is 28.3 Å². The molecule has 25 heavy (non-hydrogen) atoms. The second-order valence-corrected chi connectivity index (χ2v) is 6.18. The van der Waals surface area contributed by atoms with E-state index in [4.69, 9.17) is 0 Å². The summed E-state index contributed by atoms with van der Waals surface area (Å²) in [6.07, 6.45) is -3.90. The number of aromatic nitrogens is 1. The van der Waals surface area contributed by atoms with Crippen LogP contribution < -0.4 is 10.6 Å². The second-order valence-electron chi connectivity index (χ2n) is 5.32. The fourth-order valence-corrected chi connectivity index (χ4v) is 2.61. The van der Waals surface area contributed by atoms with E-state index in [1.807, 2.05) is 13.8 Å².